The second-order valence-corrected chi connectivity index (χ2v) is 7.36. The molecule has 1 amide bonds. The van der Waals surface area contributed by atoms with E-state index in [9.17, 15) is 9.59 Å². The quantitative estimate of drug-likeness (QED) is 0.472. The predicted octanol–water partition coefficient (Wildman–Crippen LogP) is 3.65. The molecule has 7 nitrogen and oxygen atoms in total. The van der Waals surface area contributed by atoms with Crippen molar-refractivity contribution in [1.82, 2.24) is 19.4 Å². The second-order valence-electron chi connectivity index (χ2n) is 7.36. The van der Waals surface area contributed by atoms with Crippen LogP contribution in [0.15, 0.2) is 77.9 Å². The summed E-state index contributed by atoms with van der Waals surface area (Å²) >= 11 is 0. The number of rotatable bonds is 6. The molecule has 0 unspecified atom stereocenters. The maximum absolute atomic E-state index is 13.1. The Kier molecular flexibility index (Phi) is 6.04. The van der Waals surface area contributed by atoms with Gasteiger partial charge in [-0.05, 0) is 55.0 Å². The third-order valence-electron chi connectivity index (χ3n) is 5.19. The fraction of sp³-hybridized carbons (Fsp3) is 0.160. The van der Waals surface area contributed by atoms with Crippen molar-refractivity contribution in [1.29, 1.82) is 5.26 Å². The van der Waals surface area contributed by atoms with Gasteiger partial charge in [0.25, 0.3) is 11.5 Å². The highest BCUT2D eigenvalue weighted by Crippen LogP contribution is 2.16. The summed E-state index contributed by atoms with van der Waals surface area (Å²) in [7, 11) is 0. The zero-order valence-electron chi connectivity index (χ0n) is 17.6. The summed E-state index contributed by atoms with van der Waals surface area (Å²) in [5.41, 5.74) is 2.51. The number of carbonyl (C=O) groups is 1. The SMILES string of the molecule is Cc1nc2ccccc2c(=O)n1-c1ccc(C(=O)N(CCC#N)Cc2cccnc2)cc1. The second kappa shape index (κ2) is 9.23. The van der Waals surface area contributed by atoms with Gasteiger partial charge in [-0.2, -0.15) is 5.26 Å². The lowest BCUT2D eigenvalue weighted by Crippen LogP contribution is -2.31. The number of amides is 1. The molecule has 2 aromatic heterocycles. The number of para-hydroxylation sites is 1. The number of benzene rings is 2. The van der Waals surface area contributed by atoms with Gasteiger partial charge < -0.3 is 4.90 Å². The number of nitriles is 1. The molecule has 0 aliphatic rings. The van der Waals surface area contributed by atoms with Gasteiger partial charge in [0.2, 0.25) is 0 Å². The van der Waals surface area contributed by atoms with Crippen LogP contribution in [-0.2, 0) is 6.54 Å². The highest BCUT2D eigenvalue weighted by atomic mass is 16.2. The molecule has 0 aliphatic carbocycles. The molecule has 0 saturated heterocycles. The van der Waals surface area contributed by atoms with E-state index in [0.29, 0.717) is 41.1 Å². The van der Waals surface area contributed by atoms with Crippen LogP contribution in [0.3, 0.4) is 0 Å². The zero-order chi connectivity index (χ0) is 22.5. The van der Waals surface area contributed by atoms with E-state index in [4.69, 9.17) is 5.26 Å². The van der Waals surface area contributed by atoms with E-state index < -0.39 is 0 Å². The summed E-state index contributed by atoms with van der Waals surface area (Å²) in [6.07, 6.45) is 3.62. The Morgan fingerprint density at radius 1 is 1.09 bits per heavy atom. The largest absolute Gasteiger partial charge is 0.333 e. The van der Waals surface area contributed by atoms with Gasteiger partial charge in [-0.25, -0.2) is 4.98 Å². The molecule has 0 spiro atoms. The molecule has 32 heavy (non-hydrogen) atoms. The molecule has 0 fully saturated rings. The van der Waals surface area contributed by atoms with Crippen molar-refractivity contribution in [2.24, 2.45) is 0 Å². The van der Waals surface area contributed by atoms with Crippen molar-refractivity contribution >= 4 is 16.8 Å². The van der Waals surface area contributed by atoms with Crippen LogP contribution >= 0.6 is 0 Å². The molecule has 0 radical (unpaired) electrons. The van der Waals surface area contributed by atoms with Gasteiger partial charge in [0, 0.05) is 31.0 Å². The smallest absolute Gasteiger partial charge is 0.265 e. The normalized spacial score (nSPS) is 10.6. The van der Waals surface area contributed by atoms with E-state index in [-0.39, 0.29) is 17.9 Å². The standard InChI is InChI=1S/C25H21N5O2/c1-18-28-23-8-3-2-7-22(23)25(32)30(18)21-11-9-20(10-12-21)24(31)29(15-5-13-26)17-19-6-4-14-27-16-19/h2-4,6-12,14,16H,5,15,17H2,1H3. The zero-order valence-corrected chi connectivity index (χ0v) is 17.6. The van der Waals surface area contributed by atoms with Crippen LogP contribution in [0, 0.1) is 18.3 Å². The molecule has 0 atom stereocenters. The van der Waals surface area contributed by atoms with Crippen LogP contribution in [0.1, 0.15) is 28.2 Å². The first-order valence-corrected chi connectivity index (χ1v) is 10.2. The molecular weight excluding hydrogens is 402 g/mol. The van der Waals surface area contributed by atoms with Gasteiger partial charge >= 0.3 is 0 Å². The summed E-state index contributed by atoms with van der Waals surface area (Å²) < 4.78 is 1.54. The van der Waals surface area contributed by atoms with Crippen LogP contribution in [0.4, 0.5) is 0 Å². The van der Waals surface area contributed by atoms with Crippen LogP contribution in [0.25, 0.3) is 16.6 Å². The topological polar surface area (TPSA) is 91.9 Å². The molecule has 158 valence electrons. The monoisotopic (exact) mass is 423 g/mol. The molecular formula is C25H21N5O2. The van der Waals surface area contributed by atoms with Crippen molar-refractivity contribution in [2.75, 3.05) is 6.54 Å². The summed E-state index contributed by atoms with van der Waals surface area (Å²) in [6, 6.07) is 19.9. The fourth-order valence-electron chi connectivity index (χ4n) is 3.63. The Morgan fingerprint density at radius 2 is 1.88 bits per heavy atom. The highest BCUT2D eigenvalue weighted by Gasteiger charge is 2.17. The fourth-order valence-corrected chi connectivity index (χ4v) is 3.63. The molecule has 0 aliphatic heterocycles. The average Bonchev–Trinajstić information content (AvgIpc) is 2.82. The lowest BCUT2D eigenvalue weighted by atomic mass is 10.1. The summed E-state index contributed by atoms with van der Waals surface area (Å²) in [6.45, 7) is 2.47. The minimum atomic E-state index is -0.184. The molecule has 4 aromatic rings. The molecule has 7 heteroatoms. The maximum atomic E-state index is 13.1. The molecule has 0 bridgehead atoms. The lowest BCUT2D eigenvalue weighted by Gasteiger charge is -2.22. The summed E-state index contributed by atoms with van der Waals surface area (Å²) in [5.74, 6) is 0.386. The van der Waals surface area contributed by atoms with E-state index in [1.807, 2.05) is 30.3 Å². The Balaban J connectivity index is 1.64. The van der Waals surface area contributed by atoms with Crippen molar-refractivity contribution in [3.05, 3.63) is 100 Å². The minimum absolute atomic E-state index is 0.153. The van der Waals surface area contributed by atoms with Crippen LogP contribution in [0.2, 0.25) is 0 Å². The van der Waals surface area contributed by atoms with Crippen LogP contribution < -0.4 is 5.56 Å². The first-order valence-electron chi connectivity index (χ1n) is 10.2. The van der Waals surface area contributed by atoms with Crippen LogP contribution in [-0.4, -0.2) is 31.9 Å². The Bertz CT molecular complexity index is 1360. The number of aromatic nitrogens is 3. The average molecular weight is 423 g/mol. The summed E-state index contributed by atoms with van der Waals surface area (Å²) in [5, 5.41) is 9.52. The first-order chi connectivity index (χ1) is 15.6. The Morgan fingerprint density at radius 3 is 2.59 bits per heavy atom. The van der Waals surface area contributed by atoms with E-state index in [1.54, 1.807) is 59.1 Å². The maximum Gasteiger partial charge on any atom is 0.265 e. The van der Waals surface area contributed by atoms with Gasteiger partial charge in [0.1, 0.15) is 5.82 Å². The van der Waals surface area contributed by atoms with Crippen molar-refractivity contribution in [3.8, 4) is 11.8 Å². The number of aryl methyl sites for hydroxylation is 1. The number of pyridine rings is 1. The van der Waals surface area contributed by atoms with Gasteiger partial charge in [-0.15, -0.1) is 0 Å². The molecule has 2 heterocycles. The van der Waals surface area contributed by atoms with E-state index in [0.717, 1.165) is 5.56 Å². The summed E-state index contributed by atoms with van der Waals surface area (Å²) in [4.78, 5) is 36.4. The number of hydrogen-bond acceptors (Lipinski definition) is 5. The highest BCUT2D eigenvalue weighted by molar-refractivity contribution is 5.94. The molecule has 4 rings (SSSR count). The first kappa shape index (κ1) is 20.9. The lowest BCUT2D eigenvalue weighted by molar-refractivity contribution is 0.0746. The number of carbonyl (C=O) groups excluding carboxylic acids is 1. The third kappa shape index (κ3) is 4.25. The molecule has 2 aromatic carbocycles. The van der Waals surface area contributed by atoms with E-state index in [1.165, 1.54) is 0 Å². The van der Waals surface area contributed by atoms with Crippen LogP contribution in [0.5, 0.6) is 0 Å². The van der Waals surface area contributed by atoms with Crippen molar-refractivity contribution in [2.45, 2.75) is 19.9 Å². The molecule has 0 saturated carbocycles. The Hall–Kier alpha value is -4.31. The van der Waals surface area contributed by atoms with E-state index >= 15 is 0 Å². The van der Waals surface area contributed by atoms with Gasteiger partial charge in [0.15, 0.2) is 0 Å². The molecule has 0 N–H and O–H groups in total. The van der Waals surface area contributed by atoms with Gasteiger partial charge in [0.05, 0.1) is 29.1 Å². The van der Waals surface area contributed by atoms with Crippen molar-refractivity contribution < 1.29 is 4.79 Å². The van der Waals surface area contributed by atoms with Gasteiger partial charge in [-0.1, -0.05) is 18.2 Å². The minimum Gasteiger partial charge on any atom is -0.333 e. The third-order valence-corrected chi connectivity index (χ3v) is 5.19. The Labute approximate surface area is 185 Å². The van der Waals surface area contributed by atoms with Crippen molar-refractivity contribution in [3.63, 3.8) is 0 Å². The van der Waals surface area contributed by atoms with Gasteiger partial charge in [-0.3, -0.25) is 19.1 Å². The number of nitrogens with zero attached hydrogens (tertiary/aromatic N) is 5. The predicted molar refractivity (Wildman–Crippen MR) is 121 cm³/mol. The van der Waals surface area contributed by atoms with E-state index in [2.05, 4.69) is 16.0 Å². The number of fused-ring (bicyclic) bond motifs is 1. The number of hydrogen-bond donors (Lipinski definition) is 0.